The van der Waals surface area contributed by atoms with Gasteiger partial charge in [-0.2, -0.15) is 0 Å². The fourth-order valence-electron chi connectivity index (χ4n) is 2.38. The van der Waals surface area contributed by atoms with Crippen molar-refractivity contribution < 1.29 is 14.0 Å². The molecule has 1 fully saturated rings. The van der Waals surface area contributed by atoms with Crippen LogP contribution in [0.5, 0.6) is 0 Å². The summed E-state index contributed by atoms with van der Waals surface area (Å²) in [7, 11) is 0. The Morgan fingerprint density at radius 3 is 2.71 bits per heavy atom. The maximum absolute atomic E-state index is 13.3. The molecule has 1 aliphatic rings. The second-order valence-electron chi connectivity index (χ2n) is 5.44. The normalized spacial score (nSPS) is 19.1. The fourth-order valence-corrected chi connectivity index (χ4v) is 2.38. The number of carbonyl (C=O) groups is 2. The van der Waals surface area contributed by atoms with Gasteiger partial charge < -0.3 is 15.1 Å². The number of anilines is 1. The monoisotopic (exact) mass is 293 g/mol. The van der Waals surface area contributed by atoms with E-state index in [1.807, 2.05) is 13.8 Å². The van der Waals surface area contributed by atoms with Gasteiger partial charge in [-0.3, -0.25) is 4.79 Å². The average molecular weight is 293 g/mol. The molecule has 1 atom stereocenters. The molecule has 2 rings (SSSR count). The number of piperazine rings is 1. The van der Waals surface area contributed by atoms with E-state index in [2.05, 4.69) is 5.32 Å². The highest BCUT2D eigenvalue weighted by Crippen LogP contribution is 2.21. The lowest BCUT2D eigenvalue weighted by Crippen LogP contribution is -2.60. The van der Waals surface area contributed by atoms with Crippen molar-refractivity contribution in [2.75, 3.05) is 18.0 Å². The van der Waals surface area contributed by atoms with E-state index in [0.29, 0.717) is 18.8 Å². The first-order chi connectivity index (χ1) is 9.90. The van der Waals surface area contributed by atoms with Crippen LogP contribution in [0.2, 0.25) is 0 Å². The lowest BCUT2D eigenvalue weighted by molar-refractivity contribution is -0.124. The van der Waals surface area contributed by atoms with E-state index in [1.165, 1.54) is 21.9 Å². The van der Waals surface area contributed by atoms with Crippen LogP contribution in [0.3, 0.4) is 0 Å². The van der Waals surface area contributed by atoms with Crippen LogP contribution in [0.15, 0.2) is 24.3 Å². The Balaban J connectivity index is 2.13. The first-order valence-corrected chi connectivity index (χ1v) is 7.04. The molecule has 21 heavy (non-hydrogen) atoms. The van der Waals surface area contributed by atoms with Crippen LogP contribution in [0, 0.1) is 5.82 Å². The Labute approximate surface area is 123 Å². The van der Waals surface area contributed by atoms with E-state index >= 15 is 0 Å². The molecule has 0 unspecified atom stereocenters. The van der Waals surface area contributed by atoms with Gasteiger partial charge in [0.1, 0.15) is 11.9 Å². The molecule has 0 spiro atoms. The van der Waals surface area contributed by atoms with Gasteiger partial charge in [0, 0.05) is 24.8 Å². The fraction of sp³-hybridized carbons (Fsp3) is 0.467. The Hall–Kier alpha value is -2.11. The smallest absolute Gasteiger partial charge is 0.318 e. The predicted molar refractivity (Wildman–Crippen MR) is 78.6 cm³/mol. The first-order valence-electron chi connectivity index (χ1n) is 7.04. The van der Waals surface area contributed by atoms with E-state index in [0.717, 1.165) is 0 Å². The Kier molecular flexibility index (Phi) is 4.45. The van der Waals surface area contributed by atoms with Crippen molar-refractivity contribution in [1.82, 2.24) is 10.2 Å². The zero-order chi connectivity index (χ0) is 15.6. The maximum atomic E-state index is 13.3. The summed E-state index contributed by atoms with van der Waals surface area (Å²) in [5, 5.41) is 2.78. The quantitative estimate of drug-likeness (QED) is 0.906. The number of nitrogens with one attached hydrogen (secondary N) is 1. The van der Waals surface area contributed by atoms with Gasteiger partial charge in [-0.25, -0.2) is 9.18 Å². The second-order valence-corrected chi connectivity index (χ2v) is 5.44. The zero-order valence-corrected chi connectivity index (χ0v) is 12.5. The summed E-state index contributed by atoms with van der Waals surface area (Å²) < 4.78 is 13.3. The topological polar surface area (TPSA) is 52.7 Å². The third kappa shape index (κ3) is 3.32. The number of urea groups is 1. The molecule has 6 heteroatoms. The molecule has 0 bridgehead atoms. The molecule has 3 amide bonds. The molecule has 1 aromatic rings. The minimum absolute atomic E-state index is 0.0149. The van der Waals surface area contributed by atoms with Gasteiger partial charge in [0.2, 0.25) is 5.91 Å². The number of rotatable bonds is 2. The van der Waals surface area contributed by atoms with Crippen molar-refractivity contribution in [2.45, 2.75) is 32.9 Å². The summed E-state index contributed by atoms with van der Waals surface area (Å²) in [6, 6.07) is 5.13. The largest absolute Gasteiger partial charge is 0.336 e. The van der Waals surface area contributed by atoms with E-state index in [1.54, 1.807) is 19.1 Å². The highest BCUT2D eigenvalue weighted by molar-refractivity contribution is 6.00. The summed E-state index contributed by atoms with van der Waals surface area (Å²) in [6.07, 6.45) is 0. The van der Waals surface area contributed by atoms with Crippen molar-refractivity contribution in [3.05, 3.63) is 30.1 Å². The molecule has 5 nitrogen and oxygen atoms in total. The van der Waals surface area contributed by atoms with Gasteiger partial charge in [0.15, 0.2) is 0 Å². The molecular formula is C15H20FN3O2. The minimum Gasteiger partial charge on any atom is -0.336 e. The molecule has 1 heterocycles. The number of hydrogen-bond acceptors (Lipinski definition) is 2. The van der Waals surface area contributed by atoms with Gasteiger partial charge in [-0.05, 0) is 39.0 Å². The third-order valence-corrected chi connectivity index (χ3v) is 3.45. The molecule has 0 aromatic heterocycles. The lowest BCUT2D eigenvalue weighted by atomic mass is 10.1. The predicted octanol–water partition coefficient (Wildman–Crippen LogP) is 1.98. The summed E-state index contributed by atoms with van der Waals surface area (Å²) in [4.78, 5) is 27.5. The van der Waals surface area contributed by atoms with Crippen LogP contribution in [0.1, 0.15) is 20.8 Å². The van der Waals surface area contributed by atoms with Crippen molar-refractivity contribution in [3.8, 4) is 0 Å². The van der Waals surface area contributed by atoms with E-state index in [-0.39, 0.29) is 23.8 Å². The SMILES string of the molecule is CC(C)NC(=O)N1CCN(c2cccc(F)c2)C(=O)[C@@H]1C. The minimum atomic E-state index is -0.569. The van der Waals surface area contributed by atoms with Gasteiger partial charge in [-0.15, -0.1) is 0 Å². The summed E-state index contributed by atoms with van der Waals surface area (Å²) in [6.45, 7) is 6.20. The van der Waals surface area contributed by atoms with Crippen LogP contribution in [0.25, 0.3) is 0 Å². The van der Waals surface area contributed by atoms with Crippen LogP contribution >= 0.6 is 0 Å². The maximum Gasteiger partial charge on any atom is 0.318 e. The van der Waals surface area contributed by atoms with Crippen molar-refractivity contribution in [3.63, 3.8) is 0 Å². The summed E-state index contributed by atoms with van der Waals surface area (Å²) in [5.74, 6) is -0.585. The summed E-state index contributed by atoms with van der Waals surface area (Å²) >= 11 is 0. The number of nitrogens with zero attached hydrogens (tertiary/aromatic N) is 2. The van der Waals surface area contributed by atoms with E-state index in [4.69, 9.17) is 0 Å². The average Bonchev–Trinajstić information content (AvgIpc) is 2.40. The highest BCUT2D eigenvalue weighted by atomic mass is 19.1. The molecule has 1 aliphatic heterocycles. The van der Waals surface area contributed by atoms with E-state index in [9.17, 15) is 14.0 Å². The molecule has 1 aromatic carbocycles. The van der Waals surface area contributed by atoms with Gasteiger partial charge in [-0.1, -0.05) is 6.07 Å². The van der Waals surface area contributed by atoms with Gasteiger partial charge in [0.25, 0.3) is 0 Å². The van der Waals surface area contributed by atoms with Crippen LogP contribution < -0.4 is 10.2 Å². The van der Waals surface area contributed by atoms with Gasteiger partial charge in [0.05, 0.1) is 0 Å². The molecule has 0 saturated carbocycles. The zero-order valence-electron chi connectivity index (χ0n) is 12.5. The van der Waals surface area contributed by atoms with Crippen molar-refractivity contribution in [2.24, 2.45) is 0 Å². The standard InChI is InChI=1S/C15H20FN3O2/c1-10(2)17-15(21)18-7-8-19(14(20)11(18)3)13-6-4-5-12(16)9-13/h4-6,9-11H,7-8H2,1-3H3,(H,17,21)/t11-/m0/s1. The molecule has 0 radical (unpaired) electrons. The van der Waals surface area contributed by atoms with Crippen LogP contribution in [-0.2, 0) is 4.79 Å². The first kappa shape index (κ1) is 15.3. The lowest BCUT2D eigenvalue weighted by Gasteiger charge is -2.39. The van der Waals surface area contributed by atoms with Gasteiger partial charge >= 0.3 is 6.03 Å². The molecule has 1 N–H and O–H groups in total. The van der Waals surface area contributed by atoms with Crippen LogP contribution in [0.4, 0.5) is 14.9 Å². The number of halogens is 1. The Morgan fingerprint density at radius 2 is 2.10 bits per heavy atom. The van der Waals surface area contributed by atoms with E-state index < -0.39 is 6.04 Å². The second kappa shape index (κ2) is 6.11. The Bertz CT molecular complexity index is 547. The third-order valence-electron chi connectivity index (χ3n) is 3.45. The van der Waals surface area contributed by atoms with Crippen LogP contribution in [-0.4, -0.2) is 42.0 Å². The number of benzene rings is 1. The number of hydrogen-bond donors (Lipinski definition) is 1. The molecular weight excluding hydrogens is 273 g/mol. The highest BCUT2D eigenvalue weighted by Gasteiger charge is 2.35. The van der Waals surface area contributed by atoms with Crippen molar-refractivity contribution >= 4 is 17.6 Å². The summed E-state index contributed by atoms with van der Waals surface area (Å²) in [5.41, 5.74) is 0.524. The van der Waals surface area contributed by atoms with Crippen molar-refractivity contribution in [1.29, 1.82) is 0 Å². The number of carbonyl (C=O) groups excluding carboxylic acids is 2. The molecule has 1 saturated heterocycles. The number of amides is 3. The molecule has 114 valence electrons. The Morgan fingerprint density at radius 1 is 1.38 bits per heavy atom. The molecule has 0 aliphatic carbocycles.